The number of hydrogen-bond acceptors (Lipinski definition) is 4. The first-order valence-electron chi connectivity index (χ1n) is 5.98. The maximum absolute atomic E-state index is 12.2. The Morgan fingerprint density at radius 1 is 1.47 bits per heavy atom. The largest absolute Gasteiger partial charge is 0.398 e. The van der Waals surface area contributed by atoms with Crippen molar-refractivity contribution < 1.29 is 13.2 Å². The topological polar surface area (TPSA) is 81.4 Å². The molecule has 0 heterocycles. The number of ether oxygens (including phenoxy) is 1. The van der Waals surface area contributed by atoms with Gasteiger partial charge in [0.1, 0.15) is 0 Å². The molecule has 7 heteroatoms. The molecule has 0 spiro atoms. The molecule has 19 heavy (non-hydrogen) atoms. The fourth-order valence-electron chi connectivity index (χ4n) is 2.01. The number of benzene rings is 1. The van der Waals surface area contributed by atoms with E-state index in [1.54, 1.807) is 13.2 Å². The third-order valence-corrected chi connectivity index (χ3v) is 5.65. The zero-order valence-corrected chi connectivity index (χ0v) is 13.1. The molecule has 5 nitrogen and oxygen atoms in total. The summed E-state index contributed by atoms with van der Waals surface area (Å²) in [7, 11) is -1.92. The molecule has 0 saturated heterocycles. The van der Waals surface area contributed by atoms with E-state index in [1.807, 2.05) is 0 Å². The number of anilines is 1. The lowest BCUT2D eigenvalue weighted by atomic mass is 9.80. The summed E-state index contributed by atoms with van der Waals surface area (Å²) in [6.07, 6.45) is 2.85. The quantitative estimate of drug-likeness (QED) is 0.796. The molecule has 3 N–H and O–H groups in total. The number of nitrogen functional groups attached to an aromatic ring is 1. The Balaban J connectivity index is 2.11. The van der Waals surface area contributed by atoms with Crippen LogP contribution in [-0.4, -0.2) is 27.7 Å². The number of rotatable bonds is 5. The lowest BCUT2D eigenvalue weighted by Gasteiger charge is -2.40. The molecule has 1 aliphatic rings. The predicted molar refractivity (Wildman–Crippen MR) is 77.3 cm³/mol. The highest BCUT2D eigenvalue weighted by Crippen LogP contribution is 2.34. The highest BCUT2D eigenvalue weighted by molar-refractivity contribution is 9.10. The summed E-state index contributed by atoms with van der Waals surface area (Å²) in [6, 6.07) is 4.55. The van der Waals surface area contributed by atoms with Gasteiger partial charge >= 0.3 is 0 Å². The Hall–Kier alpha value is -0.630. The van der Waals surface area contributed by atoms with Gasteiger partial charge in [-0.2, -0.15) is 0 Å². The van der Waals surface area contributed by atoms with Crippen molar-refractivity contribution in [2.45, 2.75) is 29.8 Å². The molecule has 0 bridgehead atoms. The monoisotopic (exact) mass is 348 g/mol. The SMILES string of the molecule is COC1(CNS(=O)(=O)c2ccc(N)c(Br)c2)CCC1. The van der Waals surface area contributed by atoms with Crippen LogP contribution >= 0.6 is 15.9 Å². The molecular weight excluding hydrogens is 332 g/mol. The number of sulfonamides is 1. The van der Waals surface area contributed by atoms with E-state index in [0.717, 1.165) is 19.3 Å². The summed E-state index contributed by atoms with van der Waals surface area (Å²) in [5.74, 6) is 0. The van der Waals surface area contributed by atoms with Gasteiger partial charge in [-0.1, -0.05) is 0 Å². The standard InChI is InChI=1S/C12H17BrN2O3S/c1-18-12(5-2-6-12)8-15-19(16,17)9-3-4-11(14)10(13)7-9/h3-4,7,15H,2,5-6,8,14H2,1H3. The van der Waals surface area contributed by atoms with Crippen molar-refractivity contribution in [2.24, 2.45) is 0 Å². The van der Waals surface area contributed by atoms with Gasteiger partial charge in [0.2, 0.25) is 10.0 Å². The van der Waals surface area contributed by atoms with Crippen molar-refractivity contribution in [1.82, 2.24) is 4.72 Å². The van der Waals surface area contributed by atoms with Gasteiger partial charge in [-0.05, 0) is 53.4 Å². The van der Waals surface area contributed by atoms with Crippen LogP contribution in [0, 0.1) is 0 Å². The van der Waals surface area contributed by atoms with E-state index in [9.17, 15) is 8.42 Å². The van der Waals surface area contributed by atoms with E-state index in [0.29, 0.717) is 16.7 Å². The second-order valence-corrected chi connectivity index (χ2v) is 7.37. The molecule has 0 aromatic heterocycles. The van der Waals surface area contributed by atoms with Crippen molar-refractivity contribution in [1.29, 1.82) is 0 Å². The molecule has 0 atom stereocenters. The van der Waals surface area contributed by atoms with Gasteiger partial charge in [0.25, 0.3) is 0 Å². The second kappa shape index (κ2) is 5.40. The number of methoxy groups -OCH3 is 1. The molecule has 2 rings (SSSR count). The van der Waals surface area contributed by atoms with Crippen LogP contribution in [0.3, 0.4) is 0 Å². The molecule has 0 amide bonds. The van der Waals surface area contributed by atoms with Crippen LogP contribution in [0.5, 0.6) is 0 Å². The first kappa shape index (κ1) is 14.8. The molecule has 1 aromatic carbocycles. The number of hydrogen-bond donors (Lipinski definition) is 2. The number of halogens is 1. The maximum Gasteiger partial charge on any atom is 0.240 e. The van der Waals surface area contributed by atoms with Gasteiger partial charge in [-0.3, -0.25) is 0 Å². The third kappa shape index (κ3) is 3.10. The Kier molecular flexibility index (Phi) is 4.20. The van der Waals surface area contributed by atoms with Crippen molar-refractivity contribution in [3.63, 3.8) is 0 Å². The first-order valence-corrected chi connectivity index (χ1v) is 8.26. The normalized spacial score (nSPS) is 18.0. The minimum Gasteiger partial charge on any atom is -0.398 e. The van der Waals surface area contributed by atoms with Crippen LogP contribution in [0.2, 0.25) is 0 Å². The van der Waals surface area contributed by atoms with Gasteiger partial charge in [0, 0.05) is 23.8 Å². The summed E-state index contributed by atoms with van der Waals surface area (Å²) in [5.41, 5.74) is 5.82. The zero-order chi connectivity index (χ0) is 14.1. The summed E-state index contributed by atoms with van der Waals surface area (Å²) in [6.45, 7) is 0.299. The molecule has 0 unspecified atom stereocenters. The summed E-state index contributed by atoms with van der Waals surface area (Å²) in [4.78, 5) is 0.194. The number of nitrogens with two attached hydrogens (primary N) is 1. The fraction of sp³-hybridized carbons (Fsp3) is 0.500. The van der Waals surface area contributed by atoms with Crippen LogP contribution in [0.1, 0.15) is 19.3 Å². The molecular formula is C12H17BrN2O3S. The van der Waals surface area contributed by atoms with Gasteiger partial charge < -0.3 is 10.5 Å². The van der Waals surface area contributed by atoms with E-state index in [2.05, 4.69) is 20.7 Å². The van der Waals surface area contributed by atoms with E-state index in [4.69, 9.17) is 10.5 Å². The average Bonchev–Trinajstić information content (AvgIpc) is 2.31. The van der Waals surface area contributed by atoms with Crippen molar-refractivity contribution in [2.75, 3.05) is 19.4 Å². The lowest BCUT2D eigenvalue weighted by molar-refractivity contribution is -0.0659. The molecule has 0 radical (unpaired) electrons. The van der Waals surface area contributed by atoms with Crippen molar-refractivity contribution >= 4 is 31.6 Å². The summed E-state index contributed by atoms with van der Waals surface area (Å²) < 4.78 is 32.9. The van der Waals surface area contributed by atoms with Gasteiger partial charge in [-0.25, -0.2) is 13.1 Å². The molecule has 1 fully saturated rings. The van der Waals surface area contributed by atoms with Crippen molar-refractivity contribution in [3.05, 3.63) is 22.7 Å². The molecule has 1 aliphatic carbocycles. The predicted octanol–water partition coefficient (Wildman–Crippen LogP) is 1.88. The van der Waals surface area contributed by atoms with E-state index >= 15 is 0 Å². The Bertz CT molecular complexity index is 565. The van der Waals surface area contributed by atoms with Crippen LogP contribution < -0.4 is 10.5 Å². The van der Waals surface area contributed by atoms with Crippen LogP contribution in [0.25, 0.3) is 0 Å². The molecule has 1 saturated carbocycles. The maximum atomic E-state index is 12.2. The molecule has 1 aromatic rings. The second-order valence-electron chi connectivity index (χ2n) is 4.75. The molecule has 106 valence electrons. The van der Waals surface area contributed by atoms with Gasteiger partial charge in [0.15, 0.2) is 0 Å². The third-order valence-electron chi connectivity index (χ3n) is 3.56. The minimum atomic E-state index is -3.53. The highest BCUT2D eigenvalue weighted by Gasteiger charge is 2.38. The average molecular weight is 349 g/mol. The molecule has 0 aliphatic heterocycles. The lowest BCUT2D eigenvalue weighted by Crippen LogP contribution is -2.49. The smallest absolute Gasteiger partial charge is 0.240 e. The van der Waals surface area contributed by atoms with Gasteiger partial charge in [0.05, 0.1) is 10.5 Å². The Morgan fingerprint density at radius 2 is 2.16 bits per heavy atom. The Morgan fingerprint density at radius 3 is 2.63 bits per heavy atom. The van der Waals surface area contributed by atoms with Crippen LogP contribution in [-0.2, 0) is 14.8 Å². The first-order chi connectivity index (χ1) is 8.88. The fourth-order valence-corrected chi connectivity index (χ4v) is 3.68. The van der Waals surface area contributed by atoms with E-state index in [1.165, 1.54) is 12.1 Å². The highest BCUT2D eigenvalue weighted by atomic mass is 79.9. The van der Waals surface area contributed by atoms with Crippen LogP contribution in [0.4, 0.5) is 5.69 Å². The minimum absolute atomic E-state index is 0.194. The summed E-state index contributed by atoms with van der Waals surface area (Å²) in [5, 5.41) is 0. The van der Waals surface area contributed by atoms with Crippen molar-refractivity contribution in [3.8, 4) is 0 Å². The van der Waals surface area contributed by atoms with Gasteiger partial charge in [-0.15, -0.1) is 0 Å². The van der Waals surface area contributed by atoms with E-state index in [-0.39, 0.29) is 10.5 Å². The summed E-state index contributed by atoms with van der Waals surface area (Å²) >= 11 is 3.23. The van der Waals surface area contributed by atoms with E-state index < -0.39 is 10.0 Å². The Labute approximate surface area is 121 Å². The zero-order valence-electron chi connectivity index (χ0n) is 10.6. The number of nitrogens with one attached hydrogen (secondary N) is 1. The van der Waals surface area contributed by atoms with Crippen LogP contribution in [0.15, 0.2) is 27.6 Å².